The van der Waals surface area contributed by atoms with Crippen LogP contribution in [-0.2, 0) is 6.42 Å². The van der Waals surface area contributed by atoms with Gasteiger partial charge in [-0.25, -0.2) is 0 Å². The highest BCUT2D eigenvalue weighted by Crippen LogP contribution is 2.16. The number of benzene rings is 1. The first kappa shape index (κ1) is 13.1. The number of para-hydroxylation sites is 1. The fourth-order valence-electron chi connectivity index (χ4n) is 1.87. The maximum atomic E-state index is 12.1. The third-order valence-electron chi connectivity index (χ3n) is 2.98. The first-order valence-electron chi connectivity index (χ1n) is 6.20. The van der Waals surface area contributed by atoms with E-state index < -0.39 is 0 Å². The first-order valence-corrected chi connectivity index (χ1v) is 6.20. The zero-order valence-corrected chi connectivity index (χ0v) is 11.0. The van der Waals surface area contributed by atoms with Crippen LogP contribution >= 0.6 is 0 Å². The Kier molecular flexibility index (Phi) is 3.80. The van der Waals surface area contributed by atoms with Crippen LogP contribution in [-0.4, -0.2) is 16.7 Å². The van der Waals surface area contributed by atoms with E-state index in [-0.39, 0.29) is 11.7 Å². The lowest BCUT2D eigenvalue weighted by molar-refractivity contribution is 0.101. The van der Waals surface area contributed by atoms with Crippen molar-refractivity contribution < 1.29 is 9.59 Å². The van der Waals surface area contributed by atoms with Crippen LogP contribution in [0, 0.1) is 0 Å². The predicted octanol–water partition coefficient (Wildman–Crippen LogP) is 3.03. The van der Waals surface area contributed by atoms with E-state index in [0.717, 1.165) is 17.7 Å². The third-order valence-corrected chi connectivity index (χ3v) is 2.98. The summed E-state index contributed by atoms with van der Waals surface area (Å²) in [6, 6.07) is 9.23. The van der Waals surface area contributed by atoms with E-state index in [9.17, 15) is 9.59 Å². The summed E-state index contributed by atoms with van der Waals surface area (Å²) in [5.41, 5.74) is 2.77. The molecule has 2 aromatic rings. The molecular formula is C15H16N2O2. The van der Waals surface area contributed by atoms with Crippen molar-refractivity contribution in [1.82, 2.24) is 4.98 Å². The number of aromatic amines is 1. The molecule has 0 radical (unpaired) electrons. The van der Waals surface area contributed by atoms with Crippen molar-refractivity contribution in [2.45, 2.75) is 20.3 Å². The summed E-state index contributed by atoms with van der Waals surface area (Å²) < 4.78 is 0. The number of H-pyrrole nitrogens is 1. The Hall–Kier alpha value is -2.36. The third kappa shape index (κ3) is 2.91. The quantitative estimate of drug-likeness (QED) is 0.826. The number of amides is 1. The summed E-state index contributed by atoms with van der Waals surface area (Å²) in [5.74, 6) is -0.308. The van der Waals surface area contributed by atoms with Crippen molar-refractivity contribution in [2.75, 3.05) is 5.32 Å². The molecule has 0 aliphatic rings. The van der Waals surface area contributed by atoms with Crippen molar-refractivity contribution >= 4 is 17.4 Å². The fourth-order valence-corrected chi connectivity index (χ4v) is 1.87. The molecule has 0 unspecified atom stereocenters. The van der Waals surface area contributed by atoms with Gasteiger partial charge in [-0.2, -0.15) is 0 Å². The Morgan fingerprint density at radius 1 is 1.26 bits per heavy atom. The molecule has 19 heavy (non-hydrogen) atoms. The van der Waals surface area contributed by atoms with E-state index in [4.69, 9.17) is 0 Å². The molecule has 2 rings (SSSR count). The van der Waals surface area contributed by atoms with E-state index >= 15 is 0 Å². The number of carbonyl (C=O) groups is 2. The van der Waals surface area contributed by atoms with Gasteiger partial charge in [-0.3, -0.25) is 9.59 Å². The van der Waals surface area contributed by atoms with Gasteiger partial charge in [0.2, 0.25) is 0 Å². The molecule has 0 fully saturated rings. The van der Waals surface area contributed by atoms with Gasteiger partial charge in [-0.15, -0.1) is 0 Å². The highest BCUT2D eigenvalue weighted by Gasteiger charge is 2.11. The molecule has 0 bridgehead atoms. The molecule has 0 spiro atoms. The lowest BCUT2D eigenvalue weighted by Crippen LogP contribution is -2.13. The number of aryl methyl sites for hydroxylation is 1. The van der Waals surface area contributed by atoms with Crippen molar-refractivity contribution in [3.8, 4) is 0 Å². The maximum absolute atomic E-state index is 12.1. The van der Waals surface area contributed by atoms with Gasteiger partial charge in [0.05, 0.1) is 0 Å². The predicted molar refractivity (Wildman–Crippen MR) is 74.6 cm³/mol. The molecule has 1 amide bonds. The summed E-state index contributed by atoms with van der Waals surface area (Å²) in [6.07, 6.45) is 2.39. The number of anilines is 1. The minimum atomic E-state index is -0.242. The second-order valence-corrected chi connectivity index (χ2v) is 4.32. The van der Waals surface area contributed by atoms with E-state index in [0.29, 0.717) is 11.3 Å². The molecule has 2 N–H and O–H groups in total. The molecule has 0 saturated carbocycles. The highest BCUT2D eigenvalue weighted by molar-refractivity contribution is 6.05. The topological polar surface area (TPSA) is 62.0 Å². The van der Waals surface area contributed by atoms with E-state index in [1.54, 1.807) is 12.3 Å². The summed E-state index contributed by atoms with van der Waals surface area (Å²) in [5, 5.41) is 2.85. The van der Waals surface area contributed by atoms with Crippen LogP contribution in [0.15, 0.2) is 36.5 Å². The van der Waals surface area contributed by atoms with E-state index in [1.807, 2.05) is 31.2 Å². The molecule has 0 aliphatic heterocycles. The summed E-state index contributed by atoms with van der Waals surface area (Å²) in [7, 11) is 0. The summed E-state index contributed by atoms with van der Waals surface area (Å²) in [6.45, 7) is 3.50. The van der Waals surface area contributed by atoms with Gasteiger partial charge in [0, 0.05) is 17.4 Å². The van der Waals surface area contributed by atoms with E-state index in [2.05, 4.69) is 10.3 Å². The number of hydrogen-bond donors (Lipinski definition) is 2. The van der Waals surface area contributed by atoms with Crippen molar-refractivity contribution in [2.24, 2.45) is 0 Å². The Bertz CT molecular complexity index is 614. The Morgan fingerprint density at radius 2 is 2.00 bits per heavy atom. The Morgan fingerprint density at radius 3 is 2.63 bits per heavy atom. The number of aromatic nitrogens is 1. The lowest BCUT2D eigenvalue weighted by atomic mass is 10.1. The van der Waals surface area contributed by atoms with Gasteiger partial charge in [0.25, 0.3) is 5.91 Å². The SMILES string of the molecule is CCc1ccccc1NC(=O)c1cc(C(C)=O)c[nH]1. The molecule has 4 heteroatoms. The van der Waals surface area contributed by atoms with Crippen LogP contribution in [0.2, 0.25) is 0 Å². The van der Waals surface area contributed by atoms with Crippen LogP contribution in [0.5, 0.6) is 0 Å². The van der Waals surface area contributed by atoms with Crippen molar-refractivity contribution in [3.63, 3.8) is 0 Å². The van der Waals surface area contributed by atoms with Gasteiger partial charge in [-0.05, 0) is 31.0 Å². The van der Waals surface area contributed by atoms with Crippen LogP contribution in [0.1, 0.15) is 40.3 Å². The molecule has 98 valence electrons. The number of rotatable bonds is 4. The first-order chi connectivity index (χ1) is 9.11. The molecular weight excluding hydrogens is 240 g/mol. The maximum Gasteiger partial charge on any atom is 0.272 e. The number of carbonyl (C=O) groups excluding carboxylic acids is 2. The Balaban J connectivity index is 2.18. The number of nitrogens with one attached hydrogen (secondary N) is 2. The minimum absolute atomic E-state index is 0.0655. The van der Waals surface area contributed by atoms with Gasteiger partial charge in [-0.1, -0.05) is 25.1 Å². The van der Waals surface area contributed by atoms with Crippen molar-refractivity contribution in [1.29, 1.82) is 0 Å². The van der Waals surface area contributed by atoms with Crippen LogP contribution in [0.25, 0.3) is 0 Å². The highest BCUT2D eigenvalue weighted by atomic mass is 16.2. The van der Waals surface area contributed by atoms with Gasteiger partial charge in [0.1, 0.15) is 5.69 Å². The second-order valence-electron chi connectivity index (χ2n) is 4.32. The molecule has 1 aromatic carbocycles. The standard InChI is InChI=1S/C15H16N2O2/c1-3-11-6-4-5-7-13(11)17-15(19)14-8-12(9-16-14)10(2)18/h4-9,16H,3H2,1-2H3,(H,17,19). The zero-order valence-electron chi connectivity index (χ0n) is 11.0. The minimum Gasteiger partial charge on any atom is -0.356 e. The van der Waals surface area contributed by atoms with Crippen molar-refractivity contribution in [3.05, 3.63) is 53.3 Å². The van der Waals surface area contributed by atoms with Crippen LogP contribution in [0.4, 0.5) is 5.69 Å². The van der Waals surface area contributed by atoms with Crippen LogP contribution < -0.4 is 5.32 Å². The van der Waals surface area contributed by atoms with Gasteiger partial charge >= 0.3 is 0 Å². The summed E-state index contributed by atoms with van der Waals surface area (Å²) in [4.78, 5) is 26.1. The molecule has 0 aliphatic carbocycles. The normalized spacial score (nSPS) is 10.2. The molecule has 0 saturated heterocycles. The summed E-state index contributed by atoms with van der Waals surface area (Å²) >= 11 is 0. The monoisotopic (exact) mass is 256 g/mol. The molecule has 1 heterocycles. The average Bonchev–Trinajstić information content (AvgIpc) is 2.89. The molecule has 1 aromatic heterocycles. The smallest absolute Gasteiger partial charge is 0.272 e. The van der Waals surface area contributed by atoms with E-state index in [1.165, 1.54) is 6.92 Å². The Labute approximate surface area is 111 Å². The molecule has 0 atom stereocenters. The van der Waals surface area contributed by atoms with Gasteiger partial charge in [0.15, 0.2) is 5.78 Å². The fraction of sp³-hybridized carbons (Fsp3) is 0.200. The zero-order chi connectivity index (χ0) is 13.8. The number of Topliss-reactive ketones (excluding diaryl/α,β-unsaturated/α-hetero) is 1. The largest absolute Gasteiger partial charge is 0.356 e. The molecule has 4 nitrogen and oxygen atoms in total. The van der Waals surface area contributed by atoms with Gasteiger partial charge < -0.3 is 10.3 Å². The lowest BCUT2D eigenvalue weighted by Gasteiger charge is -2.08. The average molecular weight is 256 g/mol. The number of hydrogen-bond acceptors (Lipinski definition) is 2. The van der Waals surface area contributed by atoms with Crippen LogP contribution in [0.3, 0.4) is 0 Å². The second kappa shape index (κ2) is 5.52. The number of ketones is 1.